The standard InChI is InChI=1S/C108H118O2/c1-8-12-16-20-24-41-63-106(64-42-25-21-17-13-9-2)91-61-62-99-102(83-50-34-39-55-97(83)109-99)101(91)87-73-93-86(72-94(87)106)81-59-57-74(69-92(81)107(93,65-43-26-22-18-14-10-3)66-44-27-23-19-15-11-4)67-77(78-47-31-36-52-88(78)105(5,6)7)68-75-58-60-82-95(70-75)108(89-53-37-32-48-79(89)80-49-33-38-54-90(80)108)96-71-85(76-45-29-28-30-46-76)104-103(100(82)96)84-51-35-40-56-98(84)110-104/h28-40,45-48,50-62,67,69-73,80H,8-27,41-44,49,63-66,68H2,1-7H3/b77-67-. The average Bonchev–Trinajstić information content (AvgIpc) is 1.50. The number of para-hydroxylation sites is 2. The molecule has 10 aromatic carbocycles. The topological polar surface area (TPSA) is 26.3 Å². The molecule has 2 nitrogen and oxygen atoms in total. The van der Waals surface area contributed by atoms with Crippen LogP contribution in [0.2, 0.25) is 0 Å². The third-order valence-electron chi connectivity index (χ3n) is 27.2. The molecule has 1 spiro atoms. The van der Waals surface area contributed by atoms with Crippen molar-refractivity contribution in [2.45, 2.75) is 269 Å². The first kappa shape index (κ1) is 73.8. The van der Waals surface area contributed by atoms with Crippen LogP contribution in [0.3, 0.4) is 0 Å². The van der Waals surface area contributed by atoms with Crippen LogP contribution < -0.4 is 0 Å². The highest BCUT2D eigenvalue weighted by Crippen LogP contribution is 2.68. The van der Waals surface area contributed by atoms with E-state index in [0.29, 0.717) is 0 Å². The van der Waals surface area contributed by atoms with E-state index in [1.165, 1.54) is 283 Å². The largest absolute Gasteiger partial charge is 0.456 e. The Labute approximate surface area is 658 Å². The minimum Gasteiger partial charge on any atom is -0.456 e. The zero-order chi connectivity index (χ0) is 75.0. The fourth-order valence-corrected chi connectivity index (χ4v) is 22.0. The molecule has 0 amide bonds. The van der Waals surface area contributed by atoms with Gasteiger partial charge in [0.2, 0.25) is 0 Å². The van der Waals surface area contributed by atoms with Crippen LogP contribution in [0, 0.1) is 0 Å². The Morgan fingerprint density at radius 3 is 1.62 bits per heavy atom. The minimum absolute atomic E-state index is 0.0953. The molecule has 5 aliphatic carbocycles. The number of hydrogen-bond acceptors (Lipinski definition) is 2. The Bertz CT molecular complexity index is 5420. The van der Waals surface area contributed by atoms with Crippen LogP contribution in [-0.4, -0.2) is 0 Å². The number of furan rings is 2. The van der Waals surface area contributed by atoms with Gasteiger partial charge in [0.15, 0.2) is 0 Å². The summed E-state index contributed by atoms with van der Waals surface area (Å²) < 4.78 is 14.1. The Morgan fingerprint density at radius 2 is 0.945 bits per heavy atom. The van der Waals surface area contributed by atoms with Crippen LogP contribution in [0.15, 0.2) is 227 Å². The molecule has 110 heavy (non-hydrogen) atoms. The van der Waals surface area contributed by atoms with Crippen molar-refractivity contribution in [3.05, 3.63) is 285 Å². The molecule has 0 bridgehead atoms. The van der Waals surface area contributed by atoms with Gasteiger partial charge < -0.3 is 8.83 Å². The maximum atomic E-state index is 7.14. The number of unbranched alkanes of at least 4 members (excludes halogenated alkanes) is 20. The van der Waals surface area contributed by atoms with Crippen LogP contribution in [0.1, 0.15) is 307 Å². The van der Waals surface area contributed by atoms with Gasteiger partial charge in [-0.15, -0.1) is 0 Å². The van der Waals surface area contributed by atoms with E-state index in [-0.39, 0.29) is 22.2 Å². The summed E-state index contributed by atoms with van der Waals surface area (Å²) in [5.74, 6) is 0.271. The molecule has 17 rings (SSSR count). The smallest absolute Gasteiger partial charge is 0.143 e. The summed E-state index contributed by atoms with van der Waals surface area (Å²) >= 11 is 0. The predicted octanol–water partition coefficient (Wildman–Crippen LogP) is 32.1. The van der Waals surface area contributed by atoms with E-state index in [0.717, 1.165) is 53.6 Å². The lowest BCUT2D eigenvalue weighted by molar-refractivity contribution is 0.394. The van der Waals surface area contributed by atoms with Crippen LogP contribution >= 0.6 is 0 Å². The summed E-state index contributed by atoms with van der Waals surface area (Å²) in [4.78, 5) is 0. The van der Waals surface area contributed by atoms with E-state index in [2.05, 4.69) is 267 Å². The zero-order valence-electron chi connectivity index (χ0n) is 67.4. The van der Waals surface area contributed by atoms with Gasteiger partial charge in [-0.05, 0) is 197 Å². The third kappa shape index (κ3) is 13.0. The second-order valence-electron chi connectivity index (χ2n) is 35.2. The molecular weight excluding hydrogens is 1330 g/mol. The number of hydrogen-bond donors (Lipinski definition) is 0. The number of benzene rings is 10. The fraction of sp³-hybridized carbons (Fsp3) is 0.389. The highest BCUT2D eigenvalue weighted by molar-refractivity contribution is 6.20. The molecule has 2 heteroatoms. The molecule has 562 valence electrons. The molecular formula is C108H118O2. The highest BCUT2D eigenvalue weighted by atomic mass is 16.3. The molecule has 0 radical (unpaired) electrons. The van der Waals surface area contributed by atoms with Crippen molar-refractivity contribution in [2.24, 2.45) is 0 Å². The third-order valence-corrected chi connectivity index (χ3v) is 27.2. The van der Waals surface area contributed by atoms with Crippen molar-refractivity contribution >= 4 is 55.5 Å². The maximum absolute atomic E-state index is 7.14. The van der Waals surface area contributed by atoms with Gasteiger partial charge in [-0.25, -0.2) is 0 Å². The first-order valence-electron chi connectivity index (χ1n) is 43.8. The summed E-state index contributed by atoms with van der Waals surface area (Å²) in [6.45, 7) is 16.7. The predicted molar refractivity (Wildman–Crippen MR) is 470 cm³/mol. The van der Waals surface area contributed by atoms with Crippen LogP contribution in [0.25, 0.3) is 100 Å². The van der Waals surface area contributed by atoms with Crippen molar-refractivity contribution < 1.29 is 8.83 Å². The van der Waals surface area contributed by atoms with E-state index in [1.54, 1.807) is 22.3 Å². The van der Waals surface area contributed by atoms with Gasteiger partial charge in [-0.1, -0.05) is 385 Å². The molecule has 0 aliphatic heterocycles. The zero-order valence-corrected chi connectivity index (χ0v) is 67.4. The lowest BCUT2D eigenvalue weighted by Crippen LogP contribution is -2.27. The number of rotatable bonds is 33. The van der Waals surface area contributed by atoms with Gasteiger partial charge in [-0.2, -0.15) is 0 Å². The summed E-state index contributed by atoms with van der Waals surface area (Å²) in [5, 5.41) is 4.99. The SMILES string of the molecule is CCCCCCCCC1(CCCCCCCC)c2cc(/C=C(/Cc3ccc4c(c3)C3(C5=CC=CCC5c5ccccc53)c3cc(-c5ccccc5)c5oc6ccccc6c5c3-4)c3ccccc3C(C)(C)C)ccc2-c2cc3c(cc21)-c1c(ccc2oc4ccccc4c12)C3(CCCCCCCC)CCCCCCCC. The van der Waals surface area contributed by atoms with Crippen molar-refractivity contribution in [1.29, 1.82) is 0 Å². The van der Waals surface area contributed by atoms with Gasteiger partial charge in [-0.3, -0.25) is 0 Å². The van der Waals surface area contributed by atoms with Gasteiger partial charge >= 0.3 is 0 Å². The average molecular weight is 1450 g/mol. The van der Waals surface area contributed by atoms with Crippen LogP contribution in [-0.2, 0) is 28.1 Å². The van der Waals surface area contributed by atoms with Crippen molar-refractivity contribution in [1.82, 2.24) is 0 Å². The van der Waals surface area contributed by atoms with Gasteiger partial charge in [0, 0.05) is 43.9 Å². The molecule has 2 heterocycles. The summed E-state index contributed by atoms with van der Waals surface area (Å²) in [6.07, 6.45) is 47.4. The Morgan fingerprint density at radius 1 is 0.409 bits per heavy atom. The van der Waals surface area contributed by atoms with Crippen molar-refractivity contribution in [2.75, 3.05) is 0 Å². The molecule has 0 saturated heterocycles. The van der Waals surface area contributed by atoms with E-state index >= 15 is 0 Å². The van der Waals surface area contributed by atoms with Crippen LogP contribution in [0.5, 0.6) is 0 Å². The Kier molecular flexibility index (Phi) is 21.2. The normalized spacial score (nSPS) is 16.8. The van der Waals surface area contributed by atoms with Gasteiger partial charge in [0.25, 0.3) is 0 Å². The summed E-state index contributed by atoms with van der Waals surface area (Å²) in [5.41, 5.74) is 34.2. The second-order valence-corrected chi connectivity index (χ2v) is 35.2. The lowest BCUT2D eigenvalue weighted by atomic mass is 9.68. The summed E-state index contributed by atoms with van der Waals surface area (Å²) in [6, 6.07) is 76.6. The van der Waals surface area contributed by atoms with Crippen LogP contribution in [0.4, 0.5) is 0 Å². The fourth-order valence-electron chi connectivity index (χ4n) is 22.0. The minimum atomic E-state index is -0.525. The number of allylic oxidation sites excluding steroid dienone is 5. The Hall–Kier alpha value is -8.98. The molecule has 0 N–H and O–H groups in total. The highest BCUT2D eigenvalue weighted by Gasteiger charge is 2.56. The van der Waals surface area contributed by atoms with E-state index < -0.39 is 5.41 Å². The maximum Gasteiger partial charge on any atom is 0.143 e. The molecule has 2 aromatic heterocycles. The molecule has 5 aliphatic rings. The first-order valence-corrected chi connectivity index (χ1v) is 43.8. The molecule has 2 unspecified atom stereocenters. The van der Waals surface area contributed by atoms with Gasteiger partial charge in [0.1, 0.15) is 22.3 Å². The van der Waals surface area contributed by atoms with Crippen molar-refractivity contribution in [3.63, 3.8) is 0 Å². The second kappa shape index (κ2) is 31.7. The Balaban J connectivity index is 0.863. The van der Waals surface area contributed by atoms with Crippen molar-refractivity contribution in [3.8, 4) is 44.5 Å². The first-order chi connectivity index (χ1) is 54.0. The lowest BCUT2D eigenvalue weighted by Gasteiger charge is -2.35. The van der Waals surface area contributed by atoms with E-state index in [1.807, 2.05) is 0 Å². The number of fused-ring (bicyclic) bond motifs is 24. The quantitative estimate of drug-likeness (QED) is 0.0303. The molecule has 0 fully saturated rings. The van der Waals surface area contributed by atoms with Gasteiger partial charge in [0.05, 0.1) is 5.41 Å². The molecule has 12 aromatic rings. The van der Waals surface area contributed by atoms with E-state index in [4.69, 9.17) is 8.83 Å². The molecule has 0 saturated carbocycles. The summed E-state index contributed by atoms with van der Waals surface area (Å²) in [7, 11) is 0. The monoisotopic (exact) mass is 1450 g/mol. The molecule has 2 atom stereocenters. The van der Waals surface area contributed by atoms with E-state index in [9.17, 15) is 0 Å².